The molecule has 0 aliphatic heterocycles. The summed E-state index contributed by atoms with van der Waals surface area (Å²) in [5.41, 5.74) is 0.911. The van der Waals surface area contributed by atoms with Crippen LogP contribution in [-0.4, -0.2) is 26.4 Å². The SMILES string of the molecule is C[C@H](N[C@H](C)C(=O)Nc1ccc(S(N)(=O)=O)cc1)C12CC3CC(CC(C3)C1)C2. The molecule has 4 aliphatic rings. The number of rotatable bonds is 6. The molecule has 0 aromatic heterocycles. The number of carbonyl (C=O) groups is 1. The minimum Gasteiger partial charge on any atom is -0.325 e. The van der Waals surface area contributed by atoms with Gasteiger partial charge in [0.2, 0.25) is 15.9 Å². The summed E-state index contributed by atoms with van der Waals surface area (Å²) in [7, 11) is -3.73. The van der Waals surface area contributed by atoms with Crippen LogP contribution in [0.25, 0.3) is 0 Å². The van der Waals surface area contributed by atoms with Gasteiger partial charge in [-0.1, -0.05) is 0 Å². The van der Waals surface area contributed by atoms with Gasteiger partial charge < -0.3 is 10.6 Å². The summed E-state index contributed by atoms with van der Waals surface area (Å²) in [5, 5.41) is 11.5. The number of amides is 1. The molecule has 0 radical (unpaired) electrons. The van der Waals surface area contributed by atoms with E-state index in [1.165, 1.54) is 50.7 Å². The van der Waals surface area contributed by atoms with Gasteiger partial charge in [-0.3, -0.25) is 4.79 Å². The molecule has 0 saturated heterocycles. The van der Waals surface area contributed by atoms with E-state index in [4.69, 9.17) is 5.14 Å². The largest absolute Gasteiger partial charge is 0.325 e. The molecule has 4 fully saturated rings. The van der Waals surface area contributed by atoms with Crippen molar-refractivity contribution < 1.29 is 13.2 Å². The van der Waals surface area contributed by atoms with Crippen LogP contribution >= 0.6 is 0 Å². The summed E-state index contributed by atoms with van der Waals surface area (Å²) in [4.78, 5) is 12.7. The van der Waals surface area contributed by atoms with Crippen LogP contribution in [0.4, 0.5) is 5.69 Å². The lowest BCUT2D eigenvalue weighted by atomic mass is 9.48. The second-order valence-corrected chi connectivity index (χ2v) is 11.0. The molecule has 154 valence electrons. The summed E-state index contributed by atoms with van der Waals surface area (Å²) >= 11 is 0. The molecule has 0 unspecified atom stereocenters. The van der Waals surface area contributed by atoms with Gasteiger partial charge in [-0.25, -0.2) is 13.6 Å². The highest BCUT2D eigenvalue weighted by Crippen LogP contribution is 2.61. The second kappa shape index (κ2) is 7.11. The zero-order chi connectivity index (χ0) is 20.1. The number of nitrogens with two attached hydrogens (primary N) is 1. The van der Waals surface area contributed by atoms with Gasteiger partial charge in [0, 0.05) is 11.7 Å². The molecule has 4 bridgehead atoms. The van der Waals surface area contributed by atoms with E-state index in [1.807, 2.05) is 6.92 Å². The monoisotopic (exact) mass is 405 g/mol. The Morgan fingerprint density at radius 3 is 2.00 bits per heavy atom. The van der Waals surface area contributed by atoms with Gasteiger partial charge in [-0.05, 0) is 99.8 Å². The van der Waals surface area contributed by atoms with Crippen LogP contribution < -0.4 is 15.8 Å². The van der Waals surface area contributed by atoms with E-state index in [1.54, 1.807) is 12.1 Å². The highest BCUT2D eigenvalue weighted by Gasteiger charge is 2.53. The predicted molar refractivity (Wildman–Crippen MR) is 109 cm³/mol. The number of carbonyl (C=O) groups excluding carboxylic acids is 1. The number of nitrogens with one attached hydrogen (secondary N) is 2. The molecule has 4 saturated carbocycles. The van der Waals surface area contributed by atoms with Crippen LogP contribution in [0, 0.1) is 23.2 Å². The third kappa shape index (κ3) is 3.84. The van der Waals surface area contributed by atoms with Crippen LogP contribution in [-0.2, 0) is 14.8 Å². The van der Waals surface area contributed by atoms with Gasteiger partial charge in [-0.2, -0.15) is 0 Å². The molecule has 6 nitrogen and oxygen atoms in total. The molecular formula is C21H31N3O3S. The molecule has 4 aliphatic carbocycles. The Balaban J connectivity index is 1.37. The molecule has 28 heavy (non-hydrogen) atoms. The van der Waals surface area contributed by atoms with Crippen LogP contribution in [0.5, 0.6) is 0 Å². The maximum Gasteiger partial charge on any atom is 0.241 e. The van der Waals surface area contributed by atoms with Gasteiger partial charge in [0.1, 0.15) is 0 Å². The number of hydrogen-bond acceptors (Lipinski definition) is 4. The summed E-state index contributed by atoms with van der Waals surface area (Å²) in [6, 6.07) is 5.93. The van der Waals surface area contributed by atoms with Crippen LogP contribution in [0.2, 0.25) is 0 Å². The lowest BCUT2D eigenvalue weighted by Crippen LogP contribution is -2.57. The van der Waals surface area contributed by atoms with Crippen molar-refractivity contribution in [3.8, 4) is 0 Å². The Morgan fingerprint density at radius 2 is 1.54 bits per heavy atom. The van der Waals surface area contributed by atoms with Crippen molar-refractivity contribution in [2.75, 3.05) is 5.32 Å². The van der Waals surface area contributed by atoms with Crippen molar-refractivity contribution in [3.63, 3.8) is 0 Å². The van der Waals surface area contributed by atoms with Crippen molar-refractivity contribution in [2.24, 2.45) is 28.3 Å². The molecule has 1 amide bonds. The zero-order valence-corrected chi connectivity index (χ0v) is 17.5. The fourth-order valence-corrected chi connectivity index (χ4v) is 6.83. The first-order valence-corrected chi connectivity index (χ1v) is 11.9. The number of benzene rings is 1. The van der Waals surface area contributed by atoms with Crippen LogP contribution in [0.1, 0.15) is 52.4 Å². The molecule has 4 N–H and O–H groups in total. The van der Waals surface area contributed by atoms with E-state index in [0.717, 1.165) is 17.8 Å². The average molecular weight is 406 g/mol. The van der Waals surface area contributed by atoms with Crippen LogP contribution in [0.15, 0.2) is 29.2 Å². The molecular weight excluding hydrogens is 374 g/mol. The second-order valence-electron chi connectivity index (χ2n) is 9.45. The Hall–Kier alpha value is -1.44. The van der Waals surface area contributed by atoms with E-state index in [-0.39, 0.29) is 16.8 Å². The third-order valence-electron chi connectivity index (χ3n) is 7.35. The van der Waals surface area contributed by atoms with Crippen molar-refractivity contribution in [1.82, 2.24) is 5.32 Å². The average Bonchev–Trinajstić information content (AvgIpc) is 2.60. The zero-order valence-electron chi connectivity index (χ0n) is 16.6. The van der Waals surface area contributed by atoms with E-state index >= 15 is 0 Å². The Morgan fingerprint density at radius 1 is 1.04 bits per heavy atom. The van der Waals surface area contributed by atoms with Crippen molar-refractivity contribution in [1.29, 1.82) is 0 Å². The lowest BCUT2D eigenvalue weighted by molar-refractivity contribution is -0.119. The van der Waals surface area contributed by atoms with Gasteiger partial charge in [0.25, 0.3) is 0 Å². The first-order valence-electron chi connectivity index (χ1n) is 10.3. The van der Waals surface area contributed by atoms with Crippen molar-refractivity contribution >= 4 is 21.6 Å². The van der Waals surface area contributed by atoms with Gasteiger partial charge in [-0.15, -0.1) is 0 Å². The normalized spacial score (nSPS) is 33.5. The fourth-order valence-electron chi connectivity index (χ4n) is 6.31. The quantitative estimate of drug-likeness (QED) is 0.677. The summed E-state index contributed by atoms with van der Waals surface area (Å²) in [5.74, 6) is 2.55. The first-order chi connectivity index (χ1) is 13.1. The number of primary sulfonamides is 1. The maximum absolute atomic E-state index is 12.6. The number of anilines is 1. The highest BCUT2D eigenvalue weighted by molar-refractivity contribution is 7.89. The minimum absolute atomic E-state index is 0.0344. The van der Waals surface area contributed by atoms with E-state index in [0.29, 0.717) is 17.1 Å². The van der Waals surface area contributed by atoms with Crippen molar-refractivity contribution in [2.45, 2.75) is 69.4 Å². The van der Waals surface area contributed by atoms with Gasteiger partial charge in [0.05, 0.1) is 10.9 Å². The van der Waals surface area contributed by atoms with E-state index in [2.05, 4.69) is 17.6 Å². The number of hydrogen-bond donors (Lipinski definition) is 3. The lowest BCUT2D eigenvalue weighted by Gasteiger charge is -2.59. The molecule has 1 aromatic carbocycles. The molecule has 0 heterocycles. The van der Waals surface area contributed by atoms with Gasteiger partial charge >= 0.3 is 0 Å². The Labute approximate surface area is 167 Å². The fraction of sp³-hybridized carbons (Fsp3) is 0.667. The predicted octanol–water partition coefficient (Wildman–Crippen LogP) is 2.86. The molecule has 5 rings (SSSR count). The minimum atomic E-state index is -3.73. The topological polar surface area (TPSA) is 101 Å². The standard InChI is InChI=1S/C21H31N3O3S/c1-13(20(25)24-18-3-5-19(6-4-18)28(22,26)27)23-14(2)21-10-15-7-16(11-21)9-17(8-15)12-21/h3-6,13-17,23H,7-12H2,1-2H3,(H,24,25)(H2,22,26,27)/t13-,14+,15?,16?,17?,21?/m1/s1. The van der Waals surface area contributed by atoms with Crippen molar-refractivity contribution in [3.05, 3.63) is 24.3 Å². The third-order valence-corrected chi connectivity index (χ3v) is 8.28. The first kappa shape index (κ1) is 19.9. The molecule has 7 heteroatoms. The number of sulfonamides is 1. The summed E-state index contributed by atoms with van der Waals surface area (Å²) in [6.07, 6.45) is 8.15. The van der Waals surface area contributed by atoms with Gasteiger partial charge in [0.15, 0.2) is 0 Å². The summed E-state index contributed by atoms with van der Waals surface area (Å²) in [6.45, 7) is 4.14. The molecule has 0 spiro atoms. The summed E-state index contributed by atoms with van der Waals surface area (Å²) < 4.78 is 22.7. The van der Waals surface area contributed by atoms with Crippen LogP contribution in [0.3, 0.4) is 0 Å². The Bertz CT molecular complexity index is 815. The maximum atomic E-state index is 12.6. The molecule has 1 aromatic rings. The van der Waals surface area contributed by atoms with E-state index in [9.17, 15) is 13.2 Å². The highest BCUT2D eigenvalue weighted by atomic mass is 32.2. The Kier molecular flexibility index (Phi) is 5.04. The smallest absolute Gasteiger partial charge is 0.241 e. The van der Waals surface area contributed by atoms with E-state index < -0.39 is 10.0 Å². The molecule has 2 atom stereocenters.